The monoisotopic (exact) mass is 400 g/mol. The van der Waals surface area contributed by atoms with Crippen LogP contribution in [0.2, 0.25) is 0 Å². The molecule has 0 spiro atoms. The van der Waals surface area contributed by atoms with E-state index < -0.39 is 0 Å². The number of hydrogen-bond acceptors (Lipinski definition) is 2. The van der Waals surface area contributed by atoms with Gasteiger partial charge < -0.3 is 9.47 Å². The lowest BCUT2D eigenvalue weighted by molar-refractivity contribution is -0.185. The molecule has 0 bridgehead atoms. The topological polar surface area (TPSA) is 18.5 Å². The number of benzene rings is 1. The Morgan fingerprint density at radius 2 is 2.10 bits per heavy atom. The molecule has 1 aliphatic heterocycles. The van der Waals surface area contributed by atoms with Crippen LogP contribution in [-0.2, 0) is 16.1 Å². The van der Waals surface area contributed by atoms with E-state index in [1.807, 2.05) is 12.1 Å². The van der Waals surface area contributed by atoms with Gasteiger partial charge in [-0.25, -0.2) is 0 Å². The summed E-state index contributed by atoms with van der Waals surface area (Å²) in [6.07, 6.45) is 4.49. The van der Waals surface area contributed by atoms with Crippen LogP contribution in [0.1, 0.15) is 32.3 Å². The highest BCUT2D eigenvalue weighted by Crippen LogP contribution is 2.40. The Bertz CT molecular complexity index is 444. The first-order chi connectivity index (χ1) is 10.1. The molecule has 3 unspecified atom stereocenters. The highest BCUT2D eigenvalue weighted by molar-refractivity contribution is 14.1. The third-order valence-electron chi connectivity index (χ3n) is 4.34. The minimum absolute atomic E-state index is 0.00524. The zero-order valence-electron chi connectivity index (χ0n) is 12.9. The Kier molecular flexibility index (Phi) is 6.26. The van der Waals surface area contributed by atoms with E-state index in [1.165, 1.54) is 5.56 Å². The second-order valence-electron chi connectivity index (χ2n) is 6.27. The van der Waals surface area contributed by atoms with E-state index in [0.29, 0.717) is 6.61 Å². The number of ether oxygens (including phenoxy) is 2. The van der Waals surface area contributed by atoms with Crippen LogP contribution in [0.4, 0.5) is 0 Å². The first-order valence-electron chi connectivity index (χ1n) is 7.55. The zero-order valence-corrected chi connectivity index (χ0v) is 15.1. The van der Waals surface area contributed by atoms with Crippen LogP contribution < -0.4 is 0 Å². The van der Waals surface area contributed by atoms with Gasteiger partial charge in [-0.2, -0.15) is 0 Å². The third kappa shape index (κ3) is 4.30. The summed E-state index contributed by atoms with van der Waals surface area (Å²) in [7, 11) is 0. The largest absolute Gasteiger partial charge is 0.373 e. The molecule has 0 aromatic heterocycles. The van der Waals surface area contributed by atoms with E-state index in [-0.39, 0.29) is 23.7 Å². The predicted molar refractivity (Wildman–Crippen MR) is 95.8 cm³/mol. The Labute approximate surface area is 142 Å². The number of halogens is 1. The van der Waals surface area contributed by atoms with Gasteiger partial charge in [-0.3, -0.25) is 0 Å². The number of hydrogen-bond donors (Lipinski definition) is 0. The molecule has 1 aromatic rings. The normalized spacial score (nSPS) is 28.2. The molecular weight excluding hydrogens is 375 g/mol. The first kappa shape index (κ1) is 17.0. The summed E-state index contributed by atoms with van der Waals surface area (Å²) in [6, 6.07) is 10.4. The van der Waals surface area contributed by atoms with Crippen LogP contribution in [0.5, 0.6) is 0 Å². The van der Waals surface area contributed by atoms with Gasteiger partial charge in [0.2, 0.25) is 0 Å². The summed E-state index contributed by atoms with van der Waals surface area (Å²) in [6.45, 7) is 9.04. The first-order valence-corrected chi connectivity index (χ1v) is 9.08. The van der Waals surface area contributed by atoms with Crippen LogP contribution in [0.3, 0.4) is 0 Å². The summed E-state index contributed by atoms with van der Waals surface area (Å²) < 4.78 is 13.5. The summed E-state index contributed by atoms with van der Waals surface area (Å²) in [5.74, 6) is 0. The molecule has 21 heavy (non-hydrogen) atoms. The van der Waals surface area contributed by atoms with Gasteiger partial charge in [-0.1, -0.05) is 72.8 Å². The van der Waals surface area contributed by atoms with Crippen molar-refractivity contribution in [3.05, 3.63) is 48.6 Å². The summed E-state index contributed by atoms with van der Waals surface area (Å²) in [5, 5.41) is 0. The van der Waals surface area contributed by atoms with E-state index in [9.17, 15) is 0 Å². The molecular formula is C18H25IO2. The van der Waals surface area contributed by atoms with Crippen LogP contribution >= 0.6 is 22.6 Å². The molecule has 3 heteroatoms. The minimum atomic E-state index is 0.00524. The van der Waals surface area contributed by atoms with Crippen LogP contribution in [0.25, 0.3) is 0 Å². The predicted octanol–water partition coefficient (Wildman–Crippen LogP) is 4.77. The maximum Gasteiger partial charge on any atom is 0.0720 e. The molecule has 0 N–H and O–H groups in total. The SMILES string of the molecule is C=CCC1OC(CI)CC(OCc2ccccc2)C1(C)C. The van der Waals surface area contributed by atoms with Gasteiger partial charge in [0, 0.05) is 16.3 Å². The minimum Gasteiger partial charge on any atom is -0.373 e. The average molecular weight is 400 g/mol. The highest BCUT2D eigenvalue weighted by Gasteiger charge is 2.44. The molecule has 2 nitrogen and oxygen atoms in total. The maximum absolute atomic E-state index is 6.28. The fourth-order valence-corrected chi connectivity index (χ4v) is 3.44. The molecule has 3 atom stereocenters. The van der Waals surface area contributed by atoms with Crippen molar-refractivity contribution in [1.82, 2.24) is 0 Å². The van der Waals surface area contributed by atoms with E-state index >= 15 is 0 Å². The van der Waals surface area contributed by atoms with Crippen molar-refractivity contribution in [3.63, 3.8) is 0 Å². The van der Waals surface area contributed by atoms with Gasteiger partial charge in [0.05, 0.1) is 24.9 Å². The maximum atomic E-state index is 6.28. The molecule has 1 aromatic carbocycles. The molecule has 1 saturated heterocycles. The van der Waals surface area contributed by atoms with E-state index in [1.54, 1.807) is 0 Å². The third-order valence-corrected chi connectivity index (χ3v) is 5.32. The summed E-state index contributed by atoms with van der Waals surface area (Å²) in [4.78, 5) is 0. The van der Waals surface area contributed by atoms with Crippen LogP contribution in [-0.4, -0.2) is 22.7 Å². The van der Waals surface area contributed by atoms with Crippen molar-refractivity contribution in [2.75, 3.05) is 4.43 Å². The lowest BCUT2D eigenvalue weighted by atomic mass is 9.75. The van der Waals surface area contributed by atoms with Crippen LogP contribution in [0, 0.1) is 5.41 Å². The van der Waals surface area contributed by atoms with Gasteiger partial charge in [0.15, 0.2) is 0 Å². The number of alkyl halides is 1. The molecule has 0 aliphatic carbocycles. The van der Waals surface area contributed by atoms with E-state index in [2.05, 4.69) is 67.3 Å². The second kappa shape index (κ2) is 7.75. The average Bonchev–Trinajstić information content (AvgIpc) is 2.49. The van der Waals surface area contributed by atoms with Crippen molar-refractivity contribution < 1.29 is 9.47 Å². The molecule has 0 radical (unpaired) electrons. The van der Waals surface area contributed by atoms with Gasteiger partial charge in [-0.15, -0.1) is 6.58 Å². The van der Waals surface area contributed by atoms with Crippen molar-refractivity contribution >= 4 is 22.6 Å². The van der Waals surface area contributed by atoms with Gasteiger partial charge in [0.1, 0.15) is 0 Å². The zero-order chi connectivity index (χ0) is 15.3. The Hall–Kier alpha value is -0.390. The van der Waals surface area contributed by atoms with Gasteiger partial charge in [-0.05, 0) is 12.0 Å². The standard InChI is InChI=1S/C18H25IO2/c1-4-8-16-18(2,3)17(11-15(12-19)21-16)20-13-14-9-6-5-7-10-14/h4-7,9-10,15-17H,1,8,11-13H2,2-3H3. The Morgan fingerprint density at radius 3 is 2.71 bits per heavy atom. The van der Waals surface area contributed by atoms with Crippen molar-refractivity contribution in [3.8, 4) is 0 Å². The molecule has 1 heterocycles. The van der Waals surface area contributed by atoms with E-state index in [4.69, 9.17) is 9.47 Å². The summed E-state index contributed by atoms with van der Waals surface area (Å²) in [5.41, 5.74) is 1.23. The Balaban J connectivity index is 2.05. The molecule has 1 fully saturated rings. The van der Waals surface area contributed by atoms with Crippen molar-refractivity contribution in [2.45, 2.75) is 51.6 Å². The fraction of sp³-hybridized carbons (Fsp3) is 0.556. The lowest BCUT2D eigenvalue weighted by Crippen LogP contribution is -2.51. The Morgan fingerprint density at radius 1 is 1.38 bits per heavy atom. The lowest BCUT2D eigenvalue weighted by Gasteiger charge is -2.47. The molecule has 116 valence electrons. The van der Waals surface area contributed by atoms with Gasteiger partial charge >= 0.3 is 0 Å². The molecule has 1 aliphatic rings. The fourth-order valence-electron chi connectivity index (χ4n) is 2.88. The van der Waals surface area contributed by atoms with Crippen molar-refractivity contribution in [2.24, 2.45) is 5.41 Å². The number of rotatable bonds is 6. The smallest absolute Gasteiger partial charge is 0.0720 e. The van der Waals surface area contributed by atoms with Crippen molar-refractivity contribution in [1.29, 1.82) is 0 Å². The molecule has 2 rings (SSSR count). The second-order valence-corrected chi connectivity index (χ2v) is 7.15. The van der Waals surface area contributed by atoms with Gasteiger partial charge in [0.25, 0.3) is 0 Å². The highest BCUT2D eigenvalue weighted by atomic mass is 127. The summed E-state index contributed by atoms with van der Waals surface area (Å²) >= 11 is 2.40. The van der Waals surface area contributed by atoms with Crippen LogP contribution in [0.15, 0.2) is 43.0 Å². The van der Waals surface area contributed by atoms with E-state index in [0.717, 1.165) is 17.3 Å². The molecule has 0 amide bonds. The molecule has 0 saturated carbocycles. The quantitative estimate of drug-likeness (QED) is 0.389.